The minimum absolute atomic E-state index is 0.0339. The molecule has 1 heterocycles. The summed E-state index contributed by atoms with van der Waals surface area (Å²) in [7, 11) is 1.47. The van der Waals surface area contributed by atoms with Crippen LogP contribution in [0.15, 0.2) is 0 Å². The Morgan fingerprint density at radius 2 is 2.11 bits per heavy atom. The molecule has 2 N–H and O–H groups in total. The number of carboxylic acid groups (broad SMARTS) is 1. The van der Waals surface area contributed by atoms with E-state index in [0.717, 1.165) is 4.90 Å². The van der Waals surface area contributed by atoms with Gasteiger partial charge in [0, 0.05) is 13.6 Å². The topological polar surface area (TPSA) is 116 Å². The van der Waals surface area contributed by atoms with E-state index in [0.29, 0.717) is 0 Å². The zero-order chi connectivity index (χ0) is 14.4. The molecular weight excluding hydrogens is 258 g/mol. The number of hydrogen-bond donors (Lipinski definition) is 2. The fourth-order valence-corrected chi connectivity index (χ4v) is 1.45. The molecule has 0 spiro atoms. The summed E-state index contributed by atoms with van der Waals surface area (Å²) in [6, 6.07) is -0.512. The minimum atomic E-state index is -1.09. The second-order valence-corrected chi connectivity index (χ2v) is 3.91. The van der Waals surface area contributed by atoms with E-state index in [9.17, 15) is 19.2 Å². The second-order valence-electron chi connectivity index (χ2n) is 3.91. The first-order valence-electron chi connectivity index (χ1n) is 5.53. The number of amides is 4. The maximum Gasteiger partial charge on any atom is 0.329 e. The lowest BCUT2D eigenvalue weighted by Gasteiger charge is -2.13. The Morgan fingerprint density at radius 3 is 2.63 bits per heavy atom. The lowest BCUT2D eigenvalue weighted by Crippen LogP contribution is -2.41. The summed E-state index contributed by atoms with van der Waals surface area (Å²) in [6.45, 7) is -0.670. The van der Waals surface area contributed by atoms with Crippen LogP contribution in [-0.2, 0) is 19.1 Å². The molecule has 4 amide bonds. The Labute approximate surface area is 109 Å². The van der Waals surface area contributed by atoms with Gasteiger partial charge in [-0.05, 0) is 0 Å². The summed E-state index contributed by atoms with van der Waals surface area (Å²) in [5, 5.41) is 10.7. The van der Waals surface area contributed by atoms with E-state index in [2.05, 4.69) is 5.32 Å². The van der Waals surface area contributed by atoms with Crippen molar-refractivity contribution in [3.63, 3.8) is 0 Å². The largest absolute Gasteiger partial charge is 0.480 e. The molecule has 0 aromatic heterocycles. The molecular formula is C10H15N3O6. The van der Waals surface area contributed by atoms with Crippen LogP contribution in [0.1, 0.15) is 0 Å². The normalized spacial score (nSPS) is 15.0. The highest BCUT2D eigenvalue weighted by atomic mass is 16.5. The lowest BCUT2D eigenvalue weighted by molar-refractivity contribution is -0.142. The summed E-state index contributed by atoms with van der Waals surface area (Å²) in [5.41, 5.74) is 0. The van der Waals surface area contributed by atoms with Crippen molar-refractivity contribution in [3.8, 4) is 0 Å². The average Bonchev–Trinajstić information content (AvgIpc) is 2.55. The van der Waals surface area contributed by atoms with Crippen molar-refractivity contribution in [1.82, 2.24) is 15.1 Å². The molecule has 0 aromatic carbocycles. The number of rotatable bonds is 7. The number of carbonyl (C=O) groups is 4. The maximum atomic E-state index is 11.5. The molecule has 0 bridgehead atoms. The molecule has 1 aliphatic rings. The fraction of sp³-hybridized carbons (Fsp3) is 0.600. The van der Waals surface area contributed by atoms with E-state index in [-0.39, 0.29) is 26.2 Å². The van der Waals surface area contributed by atoms with E-state index < -0.39 is 30.4 Å². The molecule has 9 nitrogen and oxygen atoms in total. The molecule has 1 saturated heterocycles. The van der Waals surface area contributed by atoms with Crippen molar-refractivity contribution in [2.75, 3.05) is 39.9 Å². The van der Waals surface area contributed by atoms with Gasteiger partial charge in [0.15, 0.2) is 0 Å². The molecule has 0 aliphatic carbocycles. The number of ether oxygens (including phenoxy) is 1. The number of nitrogens with one attached hydrogen (secondary N) is 1. The second kappa shape index (κ2) is 6.69. The monoisotopic (exact) mass is 273 g/mol. The Hall–Kier alpha value is -2.16. The van der Waals surface area contributed by atoms with Gasteiger partial charge in [-0.15, -0.1) is 0 Å². The van der Waals surface area contributed by atoms with Crippen LogP contribution in [0.5, 0.6) is 0 Å². The van der Waals surface area contributed by atoms with Gasteiger partial charge in [-0.3, -0.25) is 14.5 Å². The third-order valence-electron chi connectivity index (χ3n) is 2.33. The van der Waals surface area contributed by atoms with Gasteiger partial charge < -0.3 is 20.1 Å². The number of urea groups is 1. The third kappa shape index (κ3) is 4.54. The predicted octanol–water partition coefficient (Wildman–Crippen LogP) is -1.90. The zero-order valence-electron chi connectivity index (χ0n) is 10.4. The van der Waals surface area contributed by atoms with Crippen molar-refractivity contribution in [2.24, 2.45) is 0 Å². The predicted molar refractivity (Wildman–Crippen MR) is 61.2 cm³/mol. The summed E-state index contributed by atoms with van der Waals surface area (Å²) in [4.78, 5) is 46.5. The summed E-state index contributed by atoms with van der Waals surface area (Å²) in [5.74, 6) is -2.02. The van der Waals surface area contributed by atoms with Crippen LogP contribution in [0.3, 0.4) is 0 Å². The molecule has 9 heteroatoms. The highest BCUT2D eigenvalue weighted by Crippen LogP contribution is 2.06. The molecule has 0 radical (unpaired) electrons. The first-order valence-corrected chi connectivity index (χ1v) is 5.53. The molecule has 1 fully saturated rings. The number of carboxylic acids is 1. The molecule has 0 saturated carbocycles. The van der Waals surface area contributed by atoms with Crippen molar-refractivity contribution >= 4 is 23.8 Å². The van der Waals surface area contributed by atoms with Crippen LogP contribution in [0.25, 0.3) is 0 Å². The molecule has 1 aliphatic heterocycles. The van der Waals surface area contributed by atoms with Crippen LogP contribution < -0.4 is 5.32 Å². The first kappa shape index (κ1) is 14.9. The summed E-state index contributed by atoms with van der Waals surface area (Å²) >= 11 is 0. The Bertz CT molecular complexity index is 397. The Morgan fingerprint density at radius 1 is 1.42 bits per heavy atom. The number of likely N-dealkylation sites (N-methyl/N-ethyl adjacent to an activating group) is 1. The van der Waals surface area contributed by atoms with E-state index in [1.165, 1.54) is 11.9 Å². The van der Waals surface area contributed by atoms with Crippen molar-refractivity contribution in [1.29, 1.82) is 0 Å². The Balaban J connectivity index is 2.22. The lowest BCUT2D eigenvalue weighted by atomic mass is 10.5. The van der Waals surface area contributed by atoms with Gasteiger partial charge in [-0.1, -0.05) is 0 Å². The van der Waals surface area contributed by atoms with Crippen molar-refractivity contribution in [3.05, 3.63) is 0 Å². The quantitative estimate of drug-likeness (QED) is 0.413. The number of hydrogen-bond acceptors (Lipinski definition) is 5. The van der Waals surface area contributed by atoms with Gasteiger partial charge >= 0.3 is 12.0 Å². The van der Waals surface area contributed by atoms with Gasteiger partial charge in [0.05, 0.1) is 6.61 Å². The fourth-order valence-electron chi connectivity index (χ4n) is 1.45. The highest BCUT2D eigenvalue weighted by molar-refractivity contribution is 6.04. The van der Waals surface area contributed by atoms with E-state index >= 15 is 0 Å². The molecule has 0 atom stereocenters. The average molecular weight is 273 g/mol. The van der Waals surface area contributed by atoms with Crippen LogP contribution in [0, 0.1) is 0 Å². The highest BCUT2D eigenvalue weighted by Gasteiger charge is 2.34. The van der Waals surface area contributed by atoms with Gasteiger partial charge in [-0.25, -0.2) is 9.59 Å². The standard InChI is InChI=1S/C10H15N3O6/c1-12-5-8(15)13(10(12)18)4-7(14)11-2-3-19-6-9(16)17/h2-6H2,1H3,(H,11,14)(H,16,17). The van der Waals surface area contributed by atoms with E-state index in [1.54, 1.807) is 0 Å². The van der Waals surface area contributed by atoms with Gasteiger partial charge in [0.2, 0.25) is 5.91 Å². The van der Waals surface area contributed by atoms with E-state index in [4.69, 9.17) is 9.84 Å². The molecule has 0 unspecified atom stereocenters. The van der Waals surface area contributed by atoms with Gasteiger partial charge in [-0.2, -0.15) is 0 Å². The molecule has 0 aromatic rings. The van der Waals surface area contributed by atoms with Crippen LogP contribution >= 0.6 is 0 Å². The number of aliphatic carboxylic acids is 1. The summed E-state index contributed by atoms with van der Waals surface area (Å²) < 4.78 is 4.70. The SMILES string of the molecule is CN1CC(=O)N(CC(=O)NCCOCC(=O)O)C1=O. The van der Waals surface area contributed by atoms with Crippen molar-refractivity contribution < 1.29 is 29.0 Å². The van der Waals surface area contributed by atoms with Crippen LogP contribution in [-0.4, -0.2) is 78.6 Å². The molecule has 106 valence electrons. The third-order valence-corrected chi connectivity index (χ3v) is 2.33. The smallest absolute Gasteiger partial charge is 0.329 e. The van der Waals surface area contributed by atoms with Crippen molar-refractivity contribution in [2.45, 2.75) is 0 Å². The minimum Gasteiger partial charge on any atom is -0.480 e. The number of nitrogens with zero attached hydrogens (tertiary/aromatic N) is 2. The first-order chi connectivity index (χ1) is 8.91. The number of carbonyl (C=O) groups excluding carboxylic acids is 3. The van der Waals surface area contributed by atoms with Crippen LogP contribution in [0.2, 0.25) is 0 Å². The molecule has 1 rings (SSSR count). The summed E-state index contributed by atoms with van der Waals surface area (Å²) in [6.07, 6.45) is 0. The van der Waals surface area contributed by atoms with Gasteiger partial charge in [0.1, 0.15) is 19.7 Å². The molecule has 19 heavy (non-hydrogen) atoms. The van der Waals surface area contributed by atoms with Crippen LogP contribution in [0.4, 0.5) is 4.79 Å². The van der Waals surface area contributed by atoms with Gasteiger partial charge in [0.25, 0.3) is 5.91 Å². The van der Waals surface area contributed by atoms with E-state index in [1.807, 2.05) is 0 Å². The number of imide groups is 1. The zero-order valence-corrected chi connectivity index (χ0v) is 10.4. The maximum absolute atomic E-state index is 11.5. The Kier molecular flexibility index (Phi) is 5.24.